The first-order valence-electron chi connectivity index (χ1n) is 3.94. The molecule has 2 nitrogen and oxygen atoms in total. The van der Waals surface area contributed by atoms with Gasteiger partial charge < -0.3 is 0 Å². The summed E-state index contributed by atoms with van der Waals surface area (Å²) in [7, 11) is 1.94. The lowest BCUT2D eigenvalue weighted by molar-refractivity contribution is 0.764. The normalized spacial score (nSPS) is 13.2. The summed E-state index contributed by atoms with van der Waals surface area (Å²) in [6.45, 7) is 2.20. The van der Waals surface area contributed by atoms with Gasteiger partial charge in [-0.15, -0.1) is 11.8 Å². The van der Waals surface area contributed by atoms with Gasteiger partial charge in [-0.05, 0) is 11.7 Å². The molecule has 1 aromatic rings. The Labute approximate surface area is 83.1 Å². The topological polar surface area (TPSA) is 17.8 Å². The van der Waals surface area contributed by atoms with Gasteiger partial charge in [-0.1, -0.05) is 6.92 Å². The van der Waals surface area contributed by atoms with Crippen molar-refractivity contribution in [1.82, 2.24) is 9.78 Å². The Bertz CT molecular complexity index is 235. The first-order chi connectivity index (χ1) is 5.72. The van der Waals surface area contributed by atoms with Crippen LogP contribution >= 0.6 is 24.4 Å². The van der Waals surface area contributed by atoms with E-state index >= 15 is 0 Å². The standard InChI is InChI=1S/C8H14N2S2/c1-7(5-11)6-12-8-3-9-10(2)4-8/h3-4,7,11H,5-6H2,1-2H3. The Hall–Kier alpha value is -0.0900. The zero-order chi connectivity index (χ0) is 8.97. The summed E-state index contributed by atoms with van der Waals surface area (Å²) in [4.78, 5) is 1.24. The molecule has 12 heavy (non-hydrogen) atoms. The van der Waals surface area contributed by atoms with Crippen LogP contribution in [0.4, 0.5) is 0 Å². The number of thioether (sulfide) groups is 1. The van der Waals surface area contributed by atoms with Crippen molar-refractivity contribution < 1.29 is 0 Å². The lowest BCUT2D eigenvalue weighted by Gasteiger charge is -2.04. The fourth-order valence-corrected chi connectivity index (χ4v) is 2.01. The fraction of sp³-hybridized carbons (Fsp3) is 0.625. The molecule has 0 radical (unpaired) electrons. The Morgan fingerprint density at radius 1 is 1.75 bits per heavy atom. The Morgan fingerprint density at radius 2 is 2.50 bits per heavy atom. The SMILES string of the molecule is CC(CS)CSc1cnn(C)c1. The third-order valence-electron chi connectivity index (χ3n) is 1.53. The van der Waals surface area contributed by atoms with E-state index in [0.717, 1.165) is 11.5 Å². The van der Waals surface area contributed by atoms with E-state index in [0.29, 0.717) is 5.92 Å². The van der Waals surface area contributed by atoms with E-state index in [1.54, 1.807) is 0 Å². The van der Waals surface area contributed by atoms with E-state index in [2.05, 4.69) is 24.7 Å². The molecule has 0 aliphatic heterocycles. The number of aryl methyl sites for hydroxylation is 1. The molecule has 1 rings (SSSR count). The van der Waals surface area contributed by atoms with Gasteiger partial charge in [0.05, 0.1) is 6.20 Å². The molecule has 0 aliphatic rings. The van der Waals surface area contributed by atoms with E-state index < -0.39 is 0 Å². The second-order valence-corrected chi connectivity index (χ2v) is 4.41. The second-order valence-electron chi connectivity index (χ2n) is 2.95. The van der Waals surface area contributed by atoms with Gasteiger partial charge in [-0.25, -0.2) is 0 Å². The fourth-order valence-electron chi connectivity index (χ4n) is 0.765. The number of nitrogens with zero attached hydrogens (tertiary/aromatic N) is 2. The van der Waals surface area contributed by atoms with Gasteiger partial charge >= 0.3 is 0 Å². The highest BCUT2D eigenvalue weighted by Crippen LogP contribution is 2.19. The van der Waals surface area contributed by atoms with E-state index in [9.17, 15) is 0 Å². The van der Waals surface area contributed by atoms with Crippen LogP contribution in [0.25, 0.3) is 0 Å². The summed E-state index contributed by atoms with van der Waals surface area (Å²) in [5.41, 5.74) is 0. The van der Waals surface area contributed by atoms with Gasteiger partial charge in [0.2, 0.25) is 0 Å². The molecule has 0 N–H and O–H groups in total. The van der Waals surface area contributed by atoms with Crippen LogP contribution in [0.1, 0.15) is 6.92 Å². The third-order valence-corrected chi connectivity index (χ3v) is 3.43. The van der Waals surface area contributed by atoms with Crippen LogP contribution in [-0.4, -0.2) is 21.3 Å². The van der Waals surface area contributed by atoms with Crippen LogP contribution in [0.3, 0.4) is 0 Å². The first-order valence-corrected chi connectivity index (χ1v) is 5.56. The van der Waals surface area contributed by atoms with Crippen molar-refractivity contribution in [2.45, 2.75) is 11.8 Å². The van der Waals surface area contributed by atoms with Gasteiger partial charge in [0.1, 0.15) is 0 Å². The lowest BCUT2D eigenvalue weighted by Crippen LogP contribution is -1.98. The maximum atomic E-state index is 4.23. The van der Waals surface area contributed by atoms with E-state index in [1.807, 2.05) is 35.9 Å². The predicted molar refractivity (Wildman–Crippen MR) is 56.9 cm³/mol. The number of thiol groups is 1. The molecule has 0 aliphatic carbocycles. The van der Waals surface area contributed by atoms with Crippen LogP contribution in [0.2, 0.25) is 0 Å². The second kappa shape index (κ2) is 4.82. The molecule has 1 unspecified atom stereocenters. The maximum absolute atomic E-state index is 4.23. The van der Waals surface area contributed by atoms with Crippen LogP contribution < -0.4 is 0 Å². The molecule has 1 aromatic heterocycles. The minimum atomic E-state index is 0.665. The Kier molecular flexibility index (Phi) is 4.01. The van der Waals surface area contributed by atoms with Crippen molar-refractivity contribution in [3.63, 3.8) is 0 Å². The van der Waals surface area contributed by atoms with Gasteiger partial charge in [0.15, 0.2) is 0 Å². The summed E-state index contributed by atoms with van der Waals surface area (Å²) in [5.74, 6) is 2.74. The summed E-state index contributed by atoms with van der Waals surface area (Å²) in [6, 6.07) is 0. The molecule has 0 amide bonds. The average Bonchev–Trinajstić information content (AvgIpc) is 2.47. The molecule has 1 heterocycles. The van der Waals surface area contributed by atoms with Crippen LogP contribution in [-0.2, 0) is 7.05 Å². The molecular weight excluding hydrogens is 188 g/mol. The molecular formula is C8H14N2S2. The van der Waals surface area contributed by atoms with Gasteiger partial charge in [-0.2, -0.15) is 17.7 Å². The van der Waals surface area contributed by atoms with Crippen molar-refractivity contribution in [3.05, 3.63) is 12.4 Å². The van der Waals surface area contributed by atoms with E-state index in [1.165, 1.54) is 4.90 Å². The lowest BCUT2D eigenvalue weighted by atomic mass is 10.3. The molecule has 0 saturated carbocycles. The highest BCUT2D eigenvalue weighted by Gasteiger charge is 2.01. The van der Waals surface area contributed by atoms with Gasteiger partial charge in [0.25, 0.3) is 0 Å². The third kappa shape index (κ3) is 3.11. The van der Waals surface area contributed by atoms with Gasteiger partial charge in [0, 0.05) is 23.9 Å². The molecule has 0 spiro atoms. The summed E-state index contributed by atoms with van der Waals surface area (Å²) in [6.07, 6.45) is 3.94. The molecule has 0 aromatic carbocycles. The van der Waals surface area contributed by atoms with Gasteiger partial charge in [-0.3, -0.25) is 4.68 Å². The summed E-state index contributed by atoms with van der Waals surface area (Å²) in [5, 5.41) is 4.10. The highest BCUT2D eigenvalue weighted by atomic mass is 32.2. The quantitative estimate of drug-likeness (QED) is 0.595. The van der Waals surface area contributed by atoms with E-state index in [-0.39, 0.29) is 0 Å². The maximum Gasteiger partial charge on any atom is 0.0625 e. The average molecular weight is 202 g/mol. The number of hydrogen-bond donors (Lipinski definition) is 1. The Morgan fingerprint density at radius 3 is 3.00 bits per heavy atom. The largest absolute Gasteiger partial charge is 0.275 e. The van der Waals surface area contributed by atoms with Crippen LogP contribution in [0.15, 0.2) is 17.3 Å². The monoisotopic (exact) mass is 202 g/mol. The van der Waals surface area contributed by atoms with E-state index in [4.69, 9.17) is 0 Å². The minimum absolute atomic E-state index is 0.665. The summed E-state index contributed by atoms with van der Waals surface area (Å²) >= 11 is 6.07. The highest BCUT2D eigenvalue weighted by molar-refractivity contribution is 7.99. The number of aromatic nitrogens is 2. The smallest absolute Gasteiger partial charge is 0.0625 e. The van der Waals surface area contributed by atoms with Crippen molar-refractivity contribution >= 4 is 24.4 Å². The first kappa shape index (κ1) is 9.99. The molecule has 0 saturated heterocycles. The molecule has 0 fully saturated rings. The minimum Gasteiger partial charge on any atom is -0.275 e. The van der Waals surface area contributed by atoms with Crippen LogP contribution in [0, 0.1) is 5.92 Å². The zero-order valence-electron chi connectivity index (χ0n) is 7.40. The number of rotatable bonds is 4. The van der Waals surface area contributed by atoms with Crippen molar-refractivity contribution in [3.8, 4) is 0 Å². The molecule has 1 atom stereocenters. The Balaban J connectivity index is 2.33. The molecule has 4 heteroatoms. The zero-order valence-corrected chi connectivity index (χ0v) is 9.11. The van der Waals surface area contributed by atoms with Crippen molar-refractivity contribution in [2.75, 3.05) is 11.5 Å². The predicted octanol–water partition coefficient (Wildman–Crippen LogP) is 2.08. The molecule has 0 bridgehead atoms. The summed E-state index contributed by atoms with van der Waals surface area (Å²) < 4.78 is 1.83. The molecule has 68 valence electrons. The van der Waals surface area contributed by atoms with Crippen molar-refractivity contribution in [2.24, 2.45) is 13.0 Å². The van der Waals surface area contributed by atoms with Crippen molar-refractivity contribution in [1.29, 1.82) is 0 Å². The van der Waals surface area contributed by atoms with Crippen LogP contribution in [0.5, 0.6) is 0 Å². The number of hydrogen-bond acceptors (Lipinski definition) is 3.